The van der Waals surface area contributed by atoms with Gasteiger partial charge >= 0.3 is 0 Å². The zero-order valence-corrected chi connectivity index (χ0v) is 14.5. The van der Waals surface area contributed by atoms with E-state index in [1.54, 1.807) is 0 Å². The molecule has 1 fully saturated rings. The zero-order chi connectivity index (χ0) is 13.8. The van der Waals surface area contributed by atoms with Gasteiger partial charge in [-0.1, -0.05) is 0 Å². The highest BCUT2D eigenvalue weighted by molar-refractivity contribution is 9.11. The number of nitrogens with one attached hydrogen (secondary N) is 2. The van der Waals surface area contributed by atoms with Gasteiger partial charge < -0.3 is 15.4 Å². The minimum atomic E-state index is 0.384. The summed E-state index contributed by atoms with van der Waals surface area (Å²) in [7, 11) is 0. The van der Waals surface area contributed by atoms with E-state index in [1.807, 2.05) is 0 Å². The molecule has 5 heteroatoms. The zero-order valence-electron chi connectivity index (χ0n) is 11.3. The van der Waals surface area contributed by atoms with Gasteiger partial charge in [0.05, 0.1) is 18.9 Å². The SMILES string of the molecule is Cc1cc(Br)c(NC(C)CC2COCCN2)c(Br)c1. The first kappa shape index (κ1) is 15.3. The van der Waals surface area contributed by atoms with Crippen molar-refractivity contribution in [2.45, 2.75) is 32.4 Å². The second-order valence-electron chi connectivity index (χ2n) is 5.11. The van der Waals surface area contributed by atoms with Crippen LogP contribution in [0.15, 0.2) is 21.1 Å². The third-order valence-corrected chi connectivity index (χ3v) is 4.46. The molecule has 2 N–H and O–H groups in total. The monoisotopic (exact) mass is 390 g/mol. The van der Waals surface area contributed by atoms with Crippen LogP contribution in [0.1, 0.15) is 18.9 Å². The number of anilines is 1. The lowest BCUT2D eigenvalue weighted by molar-refractivity contribution is 0.0731. The summed E-state index contributed by atoms with van der Waals surface area (Å²) in [6, 6.07) is 5.08. The van der Waals surface area contributed by atoms with Crippen LogP contribution in [0, 0.1) is 6.92 Å². The molecule has 0 amide bonds. The lowest BCUT2D eigenvalue weighted by Crippen LogP contribution is -2.43. The van der Waals surface area contributed by atoms with Crippen molar-refractivity contribution >= 4 is 37.5 Å². The van der Waals surface area contributed by atoms with Gasteiger partial charge in [0.1, 0.15) is 0 Å². The Morgan fingerprint density at radius 2 is 2.11 bits per heavy atom. The Kier molecular flexibility index (Phi) is 5.69. The molecule has 0 aromatic heterocycles. The van der Waals surface area contributed by atoms with Crippen LogP contribution in [0.5, 0.6) is 0 Å². The summed E-state index contributed by atoms with van der Waals surface area (Å²) in [6.45, 7) is 6.88. The number of halogens is 2. The predicted molar refractivity (Wildman–Crippen MR) is 86.9 cm³/mol. The number of hydrogen-bond acceptors (Lipinski definition) is 3. The Bertz CT molecular complexity index is 410. The summed E-state index contributed by atoms with van der Waals surface area (Å²) in [5, 5.41) is 7.05. The van der Waals surface area contributed by atoms with E-state index < -0.39 is 0 Å². The molecule has 1 aliphatic heterocycles. The third kappa shape index (κ3) is 4.45. The Hall–Kier alpha value is -0.100. The van der Waals surface area contributed by atoms with Crippen molar-refractivity contribution < 1.29 is 4.74 Å². The summed E-state index contributed by atoms with van der Waals surface area (Å²) in [4.78, 5) is 0. The molecule has 106 valence electrons. The van der Waals surface area contributed by atoms with Crippen molar-refractivity contribution in [3.63, 3.8) is 0 Å². The van der Waals surface area contributed by atoms with Crippen molar-refractivity contribution in [3.8, 4) is 0 Å². The molecule has 0 saturated carbocycles. The first-order chi connectivity index (χ1) is 9.06. The number of morpholine rings is 1. The van der Waals surface area contributed by atoms with Crippen LogP contribution in [-0.4, -0.2) is 31.8 Å². The summed E-state index contributed by atoms with van der Waals surface area (Å²) in [5.74, 6) is 0. The predicted octanol–water partition coefficient (Wildman–Crippen LogP) is 3.70. The van der Waals surface area contributed by atoms with Gasteiger partial charge in [-0.25, -0.2) is 0 Å². The van der Waals surface area contributed by atoms with E-state index in [0.29, 0.717) is 12.1 Å². The van der Waals surface area contributed by atoms with Gasteiger partial charge in [0.2, 0.25) is 0 Å². The summed E-state index contributed by atoms with van der Waals surface area (Å²) >= 11 is 7.24. The van der Waals surface area contributed by atoms with Crippen LogP contribution >= 0.6 is 31.9 Å². The molecule has 19 heavy (non-hydrogen) atoms. The second kappa shape index (κ2) is 7.07. The maximum atomic E-state index is 5.49. The van der Waals surface area contributed by atoms with Crippen LogP contribution in [0.25, 0.3) is 0 Å². The second-order valence-corrected chi connectivity index (χ2v) is 6.82. The number of aryl methyl sites for hydroxylation is 1. The van der Waals surface area contributed by atoms with E-state index in [2.05, 4.69) is 68.5 Å². The third-order valence-electron chi connectivity index (χ3n) is 3.21. The van der Waals surface area contributed by atoms with E-state index in [4.69, 9.17) is 4.74 Å². The van der Waals surface area contributed by atoms with Crippen LogP contribution in [-0.2, 0) is 4.74 Å². The van der Waals surface area contributed by atoms with Gasteiger partial charge in [-0.15, -0.1) is 0 Å². The Morgan fingerprint density at radius 1 is 1.42 bits per heavy atom. The number of hydrogen-bond donors (Lipinski definition) is 2. The molecule has 2 unspecified atom stereocenters. The fourth-order valence-corrected chi connectivity index (χ4v) is 3.99. The van der Waals surface area contributed by atoms with Crippen molar-refractivity contribution in [3.05, 3.63) is 26.6 Å². The molecule has 0 bridgehead atoms. The Labute approximate surface area is 131 Å². The number of rotatable bonds is 4. The molecule has 2 atom stereocenters. The van der Waals surface area contributed by atoms with E-state index in [1.165, 1.54) is 5.56 Å². The van der Waals surface area contributed by atoms with E-state index >= 15 is 0 Å². The lowest BCUT2D eigenvalue weighted by atomic mass is 10.1. The van der Waals surface area contributed by atoms with Crippen LogP contribution in [0.4, 0.5) is 5.69 Å². The molecule has 0 spiro atoms. The number of benzene rings is 1. The highest BCUT2D eigenvalue weighted by atomic mass is 79.9. The normalized spacial score (nSPS) is 21.2. The summed E-state index contributed by atoms with van der Waals surface area (Å²) < 4.78 is 7.68. The van der Waals surface area contributed by atoms with Crippen LogP contribution in [0.3, 0.4) is 0 Å². The fraction of sp³-hybridized carbons (Fsp3) is 0.571. The lowest BCUT2D eigenvalue weighted by Gasteiger charge is -2.27. The quantitative estimate of drug-likeness (QED) is 0.820. The number of ether oxygens (including phenoxy) is 1. The first-order valence-corrected chi connectivity index (χ1v) is 8.18. The highest BCUT2D eigenvalue weighted by Gasteiger charge is 2.17. The standard InChI is InChI=1S/C14H20Br2N2O/c1-9-5-12(15)14(13(16)6-9)18-10(2)7-11-8-19-4-3-17-11/h5-6,10-11,17-18H,3-4,7-8H2,1-2H3. The molecule has 1 aromatic rings. The van der Waals surface area contributed by atoms with Gasteiger partial charge in [0, 0.05) is 27.6 Å². The Morgan fingerprint density at radius 3 is 2.68 bits per heavy atom. The van der Waals surface area contributed by atoms with Gasteiger partial charge in [-0.3, -0.25) is 0 Å². The molecule has 0 aliphatic carbocycles. The molecule has 0 radical (unpaired) electrons. The molecule has 2 rings (SSSR count). The van der Waals surface area contributed by atoms with Crippen molar-refractivity contribution in [1.82, 2.24) is 5.32 Å². The van der Waals surface area contributed by atoms with Crippen molar-refractivity contribution in [2.24, 2.45) is 0 Å². The molecule has 3 nitrogen and oxygen atoms in total. The Balaban J connectivity index is 1.96. The average molecular weight is 392 g/mol. The van der Waals surface area contributed by atoms with Crippen molar-refractivity contribution in [2.75, 3.05) is 25.1 Å². The van der Waals surface area contributed by atoms with E-state index in [-0.39, 0.29) is 0 Å². The van der Waals surface area contributed by atoms with Gasteiger partial charge in [0.15, 0.2) is 0 Å². The van der Waals surface area contributed by atoms with Crippen molar-refractivity contribution in [1.29, 1.82) is 0 Å². The van der Waals surface area contributed by atoms with Crippen LogP contribution < -0.4 is 10.6 Å². The highest BCUT2D eigenvalue weighted by Crippen LogP contribution is 2.33. The molecular weight excluding hydrogens is 372 g/mol. The minimum absolute atomic E-state index is 0.384. The minimum Gasteiger partial charge on any atom is -0.381 e. The van der Waals surface area contributed by atoms with Gasteiger partial charge in [-0.05, 0) is 69.8 Å². The maximum absolute atomic E-state index is 5.49. The van der Waals surface area contributed by atoms with E-state index in [9.17, 15) is 0 Å². The molecular formula is C14H20Br2N2O. The fourth-order valence-electron chi connectivity index (χ4n) is 2.34. The maximum Gasteiger partial charge on any atom is 0.0631 e. The smallest absolute Gasteiger partial charge is 0.0631 e. The molecule has 1 saturated heterocycles. The first-order valence-electron chi connectivity index (χ1n) is 6.59. The largest absolute Gasteiger partial charge is 0.381 e. The van der Waals surface area contributed by atoms with E-state index in [0.717, 1.165) is 40.8 Å². The summed E-state index contributed by atoms with van der Waals surface area (Å²) in [6.07, 6.45) is 1.05. The topological polar surface area (TPSA) is 33.3 Å². The van der Waals surface area contributed by atoms with Gasteiger partial charge in [-0.2, -0.15) is 0 Å². The van der Waals surface area contributed by atoms with Crippen LogP contribution in [0.2, 0.25) is 0 Å². The summed E-state index contributed by atoms with van der Waals surface area (Å²) in [5.41, 5.74) is 2.36. The molecule has 1 aromatic carbocycles. The molecule has 1 heterocycles. The molecule has 1 aliphatic rings. The average Bonchev–Trinajstić information content (AvgIpc) is 2.35. The van der Waals surface area contributed by atoms with Gasteiger partial charge in [0.25, 0.3) is 0 Å².